The van der Waals surface area contributed by atoms with Crippen molar-refractivity contribution in [2.45, 2.75) is 19.8 Å². The standard InChI is InChI=1S/C19H17FO/c1-12-17(14-6-4-3-5-7-14)18(13(2)19(12)21)15-8-10-16(20)11-9-15/h3-11,13,18H,1-2H3. The van der Waals surface area contributed by atoms with Crippen LogP contribution in [0.3, 0.4) is 0 Å². The molecule has 106 valence electrons. The van der Waals surface area contributed by atoms with Crippen LogP contribution in [0, 0.1) is 11.7 Å². The number of rotatable bonds is 2. The lowest BCUT2D eigenvalue weighted by Gasteiger charge is -2.20. The van der Waals surface area contributed by atoms with E-state index >= 15 is 0 Å². The molecule has 1 nitrogen and oxygen atoms in total. The summed E-state index contributed by atoms with van der Waals surface area (Å²) in [5, 5.41) is 0. The van der Waals surface area contributed by atoms with Gasteiger partial charge in [-0.2, -0.15) is 0 Å². The summed E-state index contributed by atoms with van der Waals surface area (Å²) in [5.41, 5.74) is 3.96. The molecule has 21 heavy (non-hydrogen) atoms. The predicted molar refractivity (Wildman–Crippen MR) is 82.3 cm³/mol. The quantitative estimate of drug-likeness (QED) is 0.785. The first-order chi connectivity index (χ1) is 10.1. The van der Waals surface area contributed by atoms with Gasteiger partial charge < -0.3 is 0 Å². The number of carbonyl (C=O) groups is 1. The van der Waals surface area contributed by atoms with Crippen molar-refractivity contribution in [2.75, 3.05) is 0 Å². The molecule has 0 saturated heterocycles. The molecule has 0 aromatic heterocycles. The molecule has 0 radical (unpaired) electrons. The van der Waals surface area contributed by atoms with E-state index in [1.165, 1.54) is 12.1 Å². The third kappa shape index (κ3) is 2.31. The number of allylic oxidation sites excluding steroid dienone is 2. The Labute approximate surface area is 124 Å². The number of hydrogen-bond donors (Lipinski definition) is 0. The molecule has 2 aromatic carbocycles. The maximum Gasteiger partial charge on any atom is 0.162 e. The summed E-state index contributed by atoms with van der Waals surface area (Å²) < 4.78 is 13.2. The molecular weight excluding hydrogens is 263 g/mol. The highest BCUT2D eigenvalue weighted by atomic mass is 19.1. The van der Waals surface area contributed by atoms with E-state index in [9.17, 15) is 9.18 Å². The molecule has 0 bridgehead atoms. The van der Waals surface area contributed by atoms with Crippen molar-refractivity contribution in [1.29, 1.82) is 0 Å². The van der Waals surface area contributed by atoms with Gasteiger partial charge in [0.05, 0.1) is 0 Å². The summed E-state index contributed by atoms with van der Waals surface area (Å²) in [6.07, 6.45) is 0. The third-order valence-corrected chi connectivity index (χ3v) is 4.31. The van der Waals surface area contributed by atoms with Crippen LogP contribution in [0.25, 0.3) is 5.57 Å². The molecule has 1 aliphatic rings. The first kappa shape index (κ1) is 13.7. The maximum atomic E-state index is 13.2. The van der Waals surface area contributed by atoms with E-state index in [0.29, 0.717) is 0 Å². The lowest BCUT2D eigenvalue weighted by atomic mass is 9.83. The van der Waals surface area contributed by atoms with Gasteiger partial charge in [-0.15, -0.1) is 0 Å². The molecule has 0 spiro atoms. The van der Waals surface area contributed by atoms with E-state index in [4.69, 9.17) is 0 Å². The second-order valence-electron chi connectivity index (χ2n) is 5.59. The topological polar surface area (TPSA) is 17.1 Å². The monoisotopic (exact) mass is 280 g/mol. The average Bonchev–Trinajstić information content (AvgIpc) is 2.73. The summed E-state index contributed by atoms with van der Waals surface area (Å²) in [7, 11) is 0. The molecule has 0 saturated carbocycles. The molecule has 0 aliphatic heterocycles. The minimum atomic E-state index is -0.252. The lowest BCUT2D eigenvalue weighted by molar-refractivity contribution is -0.118. The van der Waals surface area contributed by atoms with Crippen molar-refractivity contribution in [3.05, 3.63) is 77.1 Å². The van der Waals surface area contributed by atoms with Crippen molar-refractivity contribution >= 4 is 11.4 Å². The van der Waals surface area contributed by atoms with E-state index in [0.717, 1.165) is 22.3 Å². The highest BCUT2D eigenvalue weighted by Crippen LogP contribution is 2.46. The van der Waals surface area contributed by atoms with Crippen molar-refractivity contribution in [2.24, 2.45) is 5.92 Å². The summed E-state index contributed by atoms with van der Waals surface area (Å²) in [4.78, 5) is 12.4. The Morgan fingerprint density at radius 3 is 2.19 bits per heavy atom. The van der Waals surface area contributed by atoms with Crippen LogP contribution in [0.5, 0.6) is 0 Å². The summed E-state index contributed by atoms with van der Waals surface area (Å²) in [6, 6.07) is 16.5. The molecule has 0 N–H and O–H groups in total. The number of ketones is 1. The normalized spacial score (nSPS) is 22.0. The van der Waals surface area contributed by atoms with Crippen molar-refractivity contribution in [3.8, 4) is 0 Å². The molecule has 0 fully saturated rings. The molecule has 3 rings (SSSR count). The van der Waals surface area contributed by atoms with E-state index in [1.807, 2.05) is 44.2 Å². The van der Waals surface area contributed by atoms with Crippen LogP contribution in [-0.4, -0.2) is 5.78 Å². The van der Waals surface area contributed by atoms with Crippen LogP contribution in [-0.2, 0) is 4.79 Å². The molecule has 2 unspecified atom stereocenters. The zero-order chi connectivity index (χ0) is 15.0. The second kappa shape index (κ2) is 5.28. The van der Waals surface area contributed by atoms with Gasteiger partial charge in [0, 0.05) is 11.8 Å². The van der Waals surface area contributed by atoms with Gasteiger partial charge in [-0.25, -0.2) is 4.39 Å². The minimum absolute atomic E-state index is 0.000463. The Kier molecular flexibility index (Phi) is 3.46. The van der Waals surface area contributed by atoms with Crippen LogP contribution >= 0.6 is 0 Å². The Bertz CT molecular complexity index is 698. The van der Waals surface area contributed by atoms with Crippen LogP contribution in [0.4, 0.5) is 4.39 Å². The molecule has 0 heterocycles. The van der Waals surface area contributed by atoms with Gasteiger partial charge in [0.25, 0.3) is 0 Å². The number of halogens is 1. The Balaban J connectivity index is 2.13. The molecule has 2 atom stereocenters. The van der Waals surface area contributed by atoms with Gasteiger partial charge in [-0.05, 0) is 41.3 Å². The maximum absolute atomic E-state index is 13.2. The fourth-order valence-corrected chi connectivity index (χ4v) is 3.25. The Morgan fingerprint density at radius 1 is 0.952 bits per heavy atom. The average molecular weight is 280 g/mol. The Morgan fingerprint density at radius 2 is 1.57 bits per heavy atom. The SMILES string of the molecule is CC1=C(c2ccccc2)C(c2ccc(F)cc2)C(C)C1=O. The number of Topliss-reactive ketones (excluding diaryl/α,β-unsaturated/α-hetero) is 1. The summed E-state index contributed by atoms with van der Waals surface area (Å²) >= 11 is 0. The Hall–Kier alpha value is -2.22. The smallest absolute Gasteiger partial charge is 0.162 e. The molecule has 2 aromatic rings. The van der Waals surface area contributed by atoms with Gasteiger partial charge in [-0.3, -0.25) is 4.79 Å². The largest absolute Gasteiger partial charge is 0.294 e. The molecule has 2 heteroatoms. The van der Waals surface area contributed by atoms with Crippen molar-refractivity contribution < 1.29 is 9.18 Å². The van der Waals surface area contributed by atoms with Crippen LogP contribution in [0.15, 0.2) is 60.2 Å². The zero-order valence-electron chi connectivity index (χ0n) is 12.1. The van der Waals surface area contributed by atoms with Gasteiger partial charge in [0.1, 0.15) is 5.82 Å². The first-order valence-corrected chi connectivity index (χ1v) is 7.15. The fourth-order valence-electron chi connectivity index (χ4n) is 3.25. The van der Waals surface area contributed by atoms with Gasteiger partial charge in [0.2, 0.25) is 0 Å². The van der Waals surface area contributed by atoms with E-state index < -0.39 is 0 Å². The molecule has 0 amide bonds. The summed E-state index contributed by atoms with van der Waals surface area (Å²) in [6.45, 7) is 3.85. The molecule has 1 aliphatic carbocycles. The van der Waals surface area contributed by atoms with Crippen LogP contribution < -0.4 is 0 Å². The fraction of sp³-hybridized carbons (Fsp3) is 0.211. The highest BCUT2D eigenvalue weighted by molar-refractivity contribution is 6.10. The van der Waals surface area contributed by atoms with Crippen LogP contribution in [0.2, 0.25) is 0 Å². The zero-order valence-corrected chi connectivity index (χ0v) is 12.1. The summed E-state index contributed by atoms with van der Waals surface area (Å²) in [5.74, 6) is -0.174. The van der Waals surface area contributed by atoms with Gasteiger partial charge in [-0.1, -0.05) is 49.4 Å². The van der Waals surface area contributed by atoms with Gasteiger partial charge >= 0.3 is 0 Å². The third-order valence-electron chi connectivity index (χ3n) is 4.31. The van der Waals surface area contributed by atoms with Crippen molar-refractivity contribution in [1.82, 2.24) is 0 Å². The van der Waals surface area contributed by atoms with Gasteiger partial charge in [0.15, 0.2) is 5.78 Å². The van der Waals surface area contributed by atoms with E-state index in [2.05, 4.69) is 0 Å². The number of hydrogen-bond acceptors (Lipinski definition) is 1. The van der Waals surface area contributed by atoms with E-state index in [1.54, 1.807) is 12.1 Å². The minimum Gasteiger partial charge on any atom is -0.294 e. The lowest BCUT2D eigenvalue weighted by Crippen LogP contribution is -2.12. The number of benzene rings is 2. The first-order valence-electron chi connectivity index (χ1n) is 7.15. The number of carbonyl (C=O) groups excluding carboxylic acids is 1. The highest BCUT2D eigenvalue weighted by Gasteiger charge is 2.38. The molecular formula is C19H17FO. The second-order valence-corrected chi connectivity index (χ2v) is 5.59. The van der Waals surface area contributed by atoms with E-state index in [-0.39, 0.29) is 23.4 Å². The predicted octanol–water partition coefficient (Wildman–Crippen LogP) is 4.60. The van der Waals surface area contributed by atoms with Crippen molar-refractivity contribution in [3.63, 3.8) is 0 Å². The van der Waals surface area contributed by atoms with Crippen LogP contribution in [0.1, 0.15) is 30.9 Å².